The molecule has 0 aromatic rings. The zero-order valence-electron chi connectivity index (χ0n) is 17.2. The third-order valence-corrected chi connectivity index (χ3v) is 4.37. The zero-order chi connectivity index (χ0) is 19.3. The molecular weight excluding hydrogens is 326 g/mol. The highest BCUT2D eigenvalue weighted by atomic mass is 16.5. The first-order chi connectivity index (χ1) is 12.7. The molecule has 0 fully saturated rings. The van der Waals surface area contributed by atoms with Crippen LogP contribution in [0.2, 0.25) is 0 Å². The second kappa shape index (κ2) is 20.0. The van der Waals surface area contributed by atoms with Crippen LogP contribution in [-0.2, 0) is 14.3 Å². The number of hydrogen-bond acceptors (Lipinski definition) is 3. The quantitative estimate of drug-likeness (QED) is 0.192. The molecule has 0 aromatic carbocycles. The van der Waals surface area contributed by atoms with Gasteiger partial charge in [0.05, 0.1) is 6.61 Å². The number of rotatable bonds is 18. The third-order valence-electron chi connectivity index (χ3n) is 4.37. The summed E-state index contributed by atoms with van der Waals surface area (Å²) < 4.78 is 4.92. The summed E-state index contributed by atoms with van der Waals surface area (Å²) in [5, 5.41) is 2.84. The Bertz CT molecular complexity index is 332. The first-order valence-corrected chi connectivity index (χ1v) is 10.8. The first-order valence-electron chi connectivity index (χ1n) is 10.8. The molecule has 0 unspecified atom stereocenters. The van der Waals surface area contributed by atoms with Crippen LogP contribution in [0.1, 0.15) is 104 Å². The highest BCUT2D eigenvalue weighted by Crippen LogP contribution is 2.10. The summed E-state index contributed by atoms with van der Waals surface area (Å²) in [6, 6.07) is 0. The number of amides is 1. The maximum atomic E-state index is 11.3. The van der Waals surface area contributed by atoms with Crippen LogP contribution in [0.15, 0.2) is 12.2 Å². The van der Waals surface area contributed by atoms with E-state index in [9.17, 15) is 9.59 Å². The molecular formula is C22H41NO3. The van der Waals surface area contributed by atoms with Gasteiger partial charge in [0.15, 0.2) is 0 Å². The number of hydrogen-bond donors (Lipinski definition) is 1. The predicted molar refractivity (Wildman–Crippen MR) is 109 cm³/mol. The Labute approximate surface area is 161 Å². The Morgan fingerprint density at radius 2 is 1.23 bits per heavy atom. The molecule has 152 valence electrons. The average molecular weight is 368 g/mol. The third kappa shape index (κ3) is 19.0. The minimum Gasteiger partial charge on any atom is -0.466 e. The summed E-state index contributed by atoms with van der Waals surface area (Å²) in [6.45, 7) is 5.03. The average Bonchev–Trinajstić information content (AvgIpc) is 2.61. The van der Waals surface area contributed by atoms with E-state index >= 15 is 0 Å². The van der Waals surface area contributed by atoms with Crippen molar-refractivity contribution in [2.24, 2.45) is 0 Å². The molecule has 0 bridgehead atoms. The van der Waals surface area contributed by atoms with Gasteiger partial charge >= 0.3 is 5.97 Å². The monoisotopic (exact) mass is 367 g/mol. The van der Waals surface area contributed by atoms with E-state index in [1.165, 1.54) is 51.4 Å². The number of esters is 1. The highest BCUT2D eigenvalue weighted by molar-refractivity contribution is 5.75. The maximum absolute atomic E-state index is 11.3. The number of unbranched alkanes of at least 4 members (excludes halogenated alkanes) is 10. The van der Waals surface area contributed by atoms with Crippen molar-refractivity contribution >= 4 is 11.9 Å². The van der Waals surface area contributed by atoms with Gasteiger partial charge in [-0.25, -0.2) is 0 Å². The van der Waals surface area contributed by atoms with Crippen molar-refractivity contribution in [2.75, 3.05) is 13.2 Å². The minimum atomic E-state index is -0.0579. The summed E-state index contributed by atoms with van der Waals surface area (Å²) in [5.41, 5.74) is 0. The Hall–Kier alpha value is -1.32. The number of nitrogens with one attached hydrogen (secondary N) is 1. The number of carbonyl (C=O) groups excluding carboxylic acids is 2. The fourth-order valence-electron chi connectivity index (χ4n) is 2.89. The molecule has 1 N–H and O–H groups in total. The van der Waals surface area contributed by atoms with E-state index in [2.05, 4.69) is 17.5 Å². The topological polar surface area (TPSA) is 55.4 Å². The summed E-state index contributed by atoms with van der Waals surface area (Å²) in [6.07, 6.45) is 19.9. The van der Waals surface area contributed by atoms with E-state index in [-0.39, 0.29) is 11.9 Å². The molecule has 0 aliphatic carbocycles. The summed E-state index contributed by atoms with van der Waals surface area (Å²) in [4.78, 5) is 22.5. The summed E-state index contributed by atoms with van der Waals surface area (Å²) in [5.74, 6) is 0.131. The van der Waals surface area contributed by atoms with Crippen molar-refractivity contribution in [3.63, 3.8) is 0 Å². The van der Waals surface area contributed by atoms with E-state index in [1.54, 1.807) is 0 Å². The molecule has 0 spiro atoms. The van der Waals surface area contributed by atoms with Gasteiger partial charge in [-0.2, -0.15) is 0 Å². The summed E-state index contributed by atoms with van der Waals surface area (Å²) >= 11 is 0. The van der Waals surface area contributed by atoms with Crippen molar-refractivity contribution < 1.29 is 14.3 Å². The first kappa shape index (κ1) is 24.7. The van der Waals surface area contributed by atoms with Gasteiger partial charge in [0.1, 0.15) is 0 Å². The fraction of sp³-hybridized carbons (Fsp3) is 0.818. The second-order valence-electron chi connectivity index (χ2n) is 6.84. The van der Waals surface area contributed by atoms with Gasteiger partial charge in [-0.1, -0.05) is 50.7 Å². The molecule has 0 saturated carbocycles. The van der Waals surface area contributed by atoms with Crippen LogP contribution in [0.5, 0.6) is 0 Å². The lowest BCUT2D eigenvalue weighted by Crippen LogP contribution is -2.21. The molecule has 1 amide bonds. The van der Waals surface area contributed by atoms with Crippen molar-refractivity contribution in [2.45, 2.75) is 104 Å². The van der Waals surface area contributed by atoms with Crippen LogP contribution in [0, 0.1) is 0 Å². The van der Waals surface area contributed by atoms with Crippen LogP contribution in [0.3, 0.4) is 0 Å². The Morgan fingerprint density at radius 1 is 0.731 bits per heavy atom. The molecule has 4 nitrogen and oxygen atoms in total. The Morgan fingerprint density at radius 3 is 1.77 bits per heavy atom. The number of ether oxygens (including phenoxy) is 1. The second-order valence-corrected chi connectivity index (χ2v) is 6.84. The van der Waals surface area contributed by atoms with Gasteiger partial charge in [-0.05, 0) is 52.4 Å². The molecule has 0 aliphatic rings. The lowest BCUT2D eigenvalue weighted by atomic mass is 10.1. The summed E-state index contributed by atoms with van der Waals surface area (Å²) in [7, 11) is 0. The molecule has 0 heterocycles. The largest absolute Gasteiger partial charge is 0.466 e. The van der Waals surface area contributed by atoms with Gasteiger partial charge in [-0.3, -0.25) is 9.59 Å². The van der Waals surface area contributed by atoms with E-state index in [1.807, 2.05) is 13.8 Å². The van der Waals surface area contributed by atoms with Crippen molar-refractivity contribution in [3.8, 4) is 0 Å². The van der Waals surface area contributed by atoms with E-state index < -0.39 is 0 Å². The molecule has 0 rings (SSSR count). The molecule has 0 atom stereocenters. The van der Waals surface area contributed by atoms with E-state index in [0.29, 0.717) is 19.4 Å². The highest BCUT2D eigenvalue weighted by Gasteiger charge is 2.00. The smallest absolute Gasteiger partial charge is 0.305 e. The predicted octanol–water partition coefficient (Wildman–Crippen LogP) is 5.70. The van der Waals surface area contributed by atoms with E-state index in [4.69, 9.17) is 4.74 Å². The van der Waals surface area contributed by atoms with Crippen molar-refractivity contribution in [1.82, 2.24) is 5.32 Å². The normalized spacial score (nSPS) is 11.0. The van der Waals surface area contributed by atoms with Crippen LogP contribution in [0.25, 0.3) is 0 Å². The lowest BCUT2D eigenvalue weighted by molar-refractivity contribution is -0.143. The van der Waals surface area contributed by atoms with Crippen LogP contribution < -0.4 is 5.32 Å². The van der Waals surface area contributed by atoms with Gasteiger partial charge in [0.2, 0.25) is 5.91 Å². The van der Waals surface area contributed by atoms with Crippen LogP contribution in [0.4, 0.5) is 0 Å². The van der Waals surface area contributed by atoms with Crippen LogP contribution in [-0.4, -0.2) is 25.0 Å². The Kier molecular flexibility index (Phi) is 19.0. The standard InChI is InChI=1S/C22H41NO3/c1-3-23-21(24)19-17-15-13-11-9-7-5-6-8-10-12-14-16-18-20-22(25)26-4-2/h5-6H,3-4,7-20H2,1-2H3,(H,23,24). The minimum absolute atomic E-state index is 0.0579. The van der Waals surface area contributed by atoms with Crippen molar-refractivity contribution in [3.05, 3.63) is 12.2 Å². The SMILES string of the molecule is CCNC(=O)CCCCCCCC=CCCCCCCCC(=O)OCC. The maximum Gasteiger partial charge on any atom is 0.305 e. The number of carbonyl (C=O) groups is 2. The van der Waals surface area contributed by atoms with Crippen molar-refractivity contribution in [1.29, 1.82) is 0 Å². The van der Waals surface area contributed by atoms with Gasteiger partial charge in [0.25, 0.3) is 0 Å². The van der Waals surface area contributed by atoms with Gasteiger partial charge in [-0.15, -0.1) is 0 Å². The van der Waals surface area contributed by atoms with Gasteiger partial charge < -0.3 is 10.1 Å². The molecule has 0 saturated heterocycles. The van der Waals surface area contributed by atoms with Gasteiger partial charge in [0, 0.05) is 19.4 Å². The molecule has 0 radical (unpaired) electrons. The lowest BCUT2D eigenvalue weighted by Gasteiger charge is -2.02. The fourth-order valence-corrected chi connectivity index (χ4v) is 2.89. The molecule has 4 heteroatoms. The molecule has 0 aromatic heterocycles. The zero-order valence-corrected chi connectivity index (χ0v) is 17.2. The Balaban J connectivity index is 3.20. The van der Waals surface area contributed by atoms with Crippen LogP contribution >= 0.6 is 0 Å². The van der Waals surface area contributed by atoms with E-state index in [0.717, 1.165) is 32.2 Å². The molecule has 0 aliphatic heterocycles. The molecule has 26 heavy (non-hydrogen) atoms. The number of allylic oxidation sites excluding steroid dienone is 2.